The van der Waals surface area contributed by atoms with E-state index in [1.807, 2.05) is 0 Å². The van der Waals surface area contributed by atoms with Gasteiger partial charge in [0.2, 0.25) is 0 Å². The van der Waals surface area contributed by atoms with Crippen LogP contribution >= 0.6 is 15.9 Å². The van der Waals surface area contributed by atoms with Gasteiger partial charge in [-0.1, -0.05) is 24.3 Å². The van der Waals surface area contributed by atoms with Gasteiger partial charge in [0.1, 0.15) is 10.7 Å². The summed E-state index contributed by atoms with van der Waals surface area (Å²) in [7, 11) is -4.69. The van der Waals surface area contributed by atoms with Gasteiger partial charge in [-0.05, 0) is 34.1 Å². The van der Waals surface area contributed by atoms with Crippen LogP contribution in [-0.4, -0.2) is 24.5 Å². The number of halogens is 1. The molecule has 3 aromatic rings. The molecule has 1 aromatic heterocycles. The van der Waals surface area contributed by atoms with Gasteiger partial charge in [0.15, 0.2) is 11.6 Å². The Kier molecular flexibility index (Phi) is 3.72. The van der Waals surface area contributed by atoms with Crippen LogP contribution in [0.2, 0.25) is 0 Å². The summed E-state index contributed by atoms with van der Waals surface area (Å²) >= 11 is 3.16. The minimum absolute atomic E-state index is 0.0347. The Labute approximate surface area is 156 Å². The van der Waals surface area contributed by atoms with Crippen LogP contribution in [0, 0.1) is 0 Å². The van der Waals surface area contributed by atoms with Crippen LogP contribution in [0.3, 0.4) is 0 Å². The Morgan fingerprint density at radius 1 is 0.885 bits per heavy atom. The highest BCUT2D eigenvalue weighted by atomic mass is 79.9. The molecule has 1 N–H and O–H groups in total. The van der Waals surface area contributed by atoms with E-state index < -0.39 is 26.6 Å². The number of furan rings is 1. The third-order valence-corrected chi connectivity index (χ3v) is 5.66. The van der Waals surface area contributed by atoms with Crippen LogP contribution in [0.1, 0.15) is 31.8 Å². The largest absolute Gasteiger partial charge is 0.464 e. The fraction of sp³-hybridized carbons (Fsp3) is 0. The lowest BCUT2D eigenvalue weighted by Gasteiger charge is -2.22. The van der Waals surface area contributed by atoms with Gasteiger partial charge in [-0.3, -0.25) is 14.1 Å². The first-order chi connectivity index (χ1) is 12.3. The summed E-state index contributed by atoms with van der Waals surface area (Å²) in [4.78, 5) is 25.5. The highest BCUT2D eigenvalue weighted by Gasteiger charge is 2.37. The number of fused-ring (bicyclic) bond motifs is 2. The Morgan fingerprint density at radius 2 is 1.50 bits per heavy atom. The number of hydrogen-bond acceptors (Lipinski definition) is 5. The first-order valence-electron chi connectivity index (χ1n) is 7.37. The fourth-order valence-electron chi connectivity index (χ4n) is 3.09. The summed E-state index contributed by atoms with van der Waals surface area (Å²) in [6.07, 6.45) is 1.31. The van der Waals surface area contributed by atoms with Gasteiger partial charge < -0.3 is 4.42 Å². The van der Waals surface area contributed by atoms with Crippen molar-refractivity contribution in [2.75, 3.05) is 0 Å². The highest BCUT2D eigenvalue weighted by Crippen LogP contribution is 2.42. The van der Waals surface area contributed by atoms with Crippen LogP contribution in [0.4, 0.5) is 0 Å². The van der Waals surface area contributed by atoms with Crippen molar-refractivity contribution >= 4 is 37.6 Å². The topological polar surface area (TPSA) is 102 Å². The minimum Gasteiger partial charge on any atom is -0.464 e. The van der Waals surface area contributed by atoms with E-state index in [1.54, 1.807) is 12.1 Å². The summed E-state index contributed by atoms with van der Waals surface area (Å²) < 4.78 is 38.9. The zero-order valence-corrected chi connectivity index (χ0v) is 15.3. The molecule has 1 aliphatic rings. The van der Waals surface area contributed by atoms with E-state index in [0.29, 0.717) is 0 Å². The first-order valence-corrected chi connectivity index (χ1v) is 9.60. The smallest absolute Gasteiger partial charge is 0.295 e. The summed E-state index contributed by atoms with van der Waals surface area (Å²) in [6.45, 7) is 0. The average Bonchev–Trinajstić information content (AvgIpc) is 3.12. The molecule has 0 atom stereocenters. The van der Waals surface area contributed by atoms with Crippen LogP contribution in [0.5, 0.6) is 0 Å². The number of carbonyl (C=O) groups is 2. The molecular formula is C18H9BrO6S. The van der Waals surface area contributed by atoms with E-state index in [1.165, 1.54) is 30.5 Å². The first kappa shape index (κ1) is 16.9. The zero-order chi connectivity index (χ0) is 18.6. The lowest BCUT2D eigenvalue weighted by atomic mass is 9.81. The normalized spacial score (nSPS) is 13.5. The second-order valence-electron chi connectivity index (χ2n) is 5.64. The Hall–Kier alpha value is -2.55. The second-order valence-corrected chi connectivity index (χ2v) is 7.88. The Morgan fingerprint density at radius 3 is 2.04 bits per heavy atom. The van der Waals surface area contributed by atoms with Gasteiger partial charge in [-0.15, -0.1) is 0 Å². The molecule has 0 saturated carbocycles. The van der Waals surface area contributed by atoms with Crippen LogP contribution in [0.15, 0.2) is 62.5 Å². The summed E-state index contributed by atoms with van der Waals surface area (Å²) in [5, 5.41) is 0. The van der Waals surface area contributed by atoms with Crippen molar-refractivity contribution in [3.63, 3.8) is 0 Å². The SMILES string of the molecule is O=C1c2ccccc2C(=O)c2c1c(Br)cc(S(=O)(=O)O)c2-c1ccco1. The van der Waals surface area contributed by atoms with Crippen LogP contribution in [-0.2, 0) is 10.1 Å². The monoisotopic (exact) mass is 432 g/mol. The molecule has 2 aromatic carbocycles. The number of benzene rings is 2. The molecule has 0 amide bonds. The molecule has 0 fully saturated rings. The van der Waals surface area contributed by atoms with Crippen molar-refractivity contribution in [3.8, 4) is 11.3 Å². The van der Waals surface area contributed by atoms with Crippen molar-refractivity contribution in [2.45, 2.75) is 4.90 Å². The molecule has 8 heteroatoms. The standard InChI is InChI=1S/C18H9BrO6S/c19-11-8-13(26(22,23)24)15(12-6-3-7-25-12)16-14(11)17(20)9-4-1-2-5-10(9)18(16)21/h1-8H,(H,22,23,24). The molecule has 1 aliphatic carbocycles. The molecule has 0 unspecified atom stereocenters. The van der Waals surface area contributed by atoms with Gasteiger partial charge >= 0.3 is 0 Å². The van der Waals surface area contributed by atoms with Gasteiger partial charge in [-0.2, -0.15) is 8.42 Å². The maximum Gasteiger partial charge on any atom is 0.295 e. The van der Waals surface area contributed by atoms with Crippen molar-refractivity contribution in [1.29, 1.82) is 0 Å². The number of ketones is 2. The number of carbonyl (C=O) groups excluding carboxylic acids is 2. The average molecular weight is 433 g/mol. The van der Waals surface area contributed by atoms with Crippen LogP contribution in [0.25, 0.3) is 11.3 Å². The maximum absolute atomic E-state index is 13.1. The van der Waals surface area contributed by atoms with Crippen molar-refractivity contribution < 1.29 is 27.0 Å². The van der Waals surface area contributed by atoms with Crippen LogP contribution < -0.4 is 0 Å². The predicted molar refractivity (Wildman–Crippen MR) is 95.0 cm³/mol. The quantitative estimate of drug-likeness (QED) is 0.484. The van der Waals surface area contributed by atoms with E-state index in [4.69, 9.17) is 4.42 Å². The lowest BCUT2D eigenvalue weighted by molar-refractivity contribution is 0.0978. The van der Waals surface area contributed by atoms with Gasteiger partial charge in [-0.25, -0.2) is 0 Å². The van der Waals surface area contributed by atoms with E-state index in [0.717, 1.165) is 6.07 Å². The molecular weight excluding hydrogens is 424 g/mol. The third kappa shape index (κ3) is 2.38. The fourth-order valence-corrected chi connectivity index (χ4v) is 4.58. The molecule has 0 aliphatic heterocycles. The Balaban J connectivity index is 2.19. The lowest BCUT2D eigenvalue weighted by Crippen LogP contribution is -2.23. The van der Waals surface area contributed by atoms with Crippen molar-refractivity contribution in [1.82, 2.24) is 0 Å². The molecule has 0 spiro atoms. The third-order valence-electron chi connectivity index (χ3n) is 4.16. The van der Waals surface area contributed by atoms with Crippen molar-refractivity contribution in [3.05, 3.63) is 75.5 Å². The zero-order valence-electron chi connectivity index (χ0n) is 12.9. The molecule has 0 saturated heterocycles. The predicted octanol–water partition coefficient (Wildman–Crippen LogP) is 3.73. The molecule has 1 heterocycles. The highest BCUT2D eigenvalue weighted by molar-refractivity contribution is 9.10. The number of rotatable bonds is 2. The van der Waals surface area contributed by atoms with Gasteiger partial charge in [0, 0.05) is 26.7 Å². The van der Waals surface area contributed by atoms with E-state index >= 15 is 0 Å². The molecule has 130 valence electrons. The maximum atomic E-state index is 13.1. The van der Waals surface area contributed by atoms with Crippen molar-refractivity contribution in [2.24, 2.45) is 0 Å². The minimum atomic E-state index is -4.69. The second kappa shape index (κ2) is 5.73. The summed E-state index contributed by atoms with van der Waals surface area (Å²) in [5.74, 6) is -0.883. The molecule has 4 rings (SSSR count). The molecule has 0 radical (unpaired) electrons. The molecule has 26 heavy (non-hydrogen) atoms. The van der Waals surface area contributed by atoms with E-state index in [-0.39, 0.29) is 38.1 Å². The van der Waals surface area contributed by atoms with Gasteiger partial charge in [0.25, 0.3) is 10.1 Å². The Bertz CT molecular complexity index is 1190. The van der Waals surface area contributed by atoms with Gasteiger partial charge in [0.05, 0.1) is 11.8 Å². The van der Waals surface area contributed by atoms with E-state index in [2.05, 4.69) is 15.9 Å². The number of hydrogen-bond donors (Lipinski definition) is 1. The molecule has 6 nitrogen and oxygen atoms in total. The van der Waals surface area contributed by atoms with E-state index in [9.17, 15) is 22.6 Å². The summed E-state index contributed by atoms with van der Waals surface area (Å²) in [6, 6.07) is 10.4. The summed E-state index contributed by atoms with van der Waals surface area (Å²) in [5.41, 5.74) is 0.176. The molecule has 0 bridgehead atoms.